The SMILES string of the molecule is CC(C)CN(C)Cc1ccc2c(c1)OCCC2NC(=O)CC(c1ccccc1)N(c1cccc(Cl)c1)S(=O)(=O)c1cnsn1. The highest BCUT2D eigenvalue weighted by molar-refractivity contribution is 7.92. The summed E-state index contributed by atoms with van der Waals surface area (Å²) in [4.78, 5) is 16.1. The molecule has 44 heavy (non-hydrogen) atoms. The molecule has 0 saturated heterocycles. The number of benzene rings is 3. The normalized spacial score (nSPS) is 15.5. The Balaban J connectivity index is 1.43. The van der Waals surface area contributed by atoms with Gasteiger partial charge in [0.1, 0.15) is 5.75 Å². The molecule has 0 bridgehead atoms. The molecular weight excluding hydrogens is 618 g/mol. The highest BCUT2D eigenvalue weighted by Crippen LogP contribution is 2.37. The monoisotopic (exact) mass is 653 g/mol. The lowest BCUT2D eigenvalue weighted by atomic mass is 9.97. The Hall–Kier alpha value is -3.51. The molecular formula is C32H36ClN5O4S2. The number of fused-ring (bicyclic) bond motifs is 1. The summed E-state index contributed by atoms with van der Waals surface area (Å²) in [5.74, 6) is 1.03. The van der Waals surface area contributed by atoms with Crippen LogP contribution >= 0.6 is 23.3 Å². The molecule has 12 heteroatoms. The lowest BCUT2D eigenvalue weighted by Crippen LogP contribution is -2.39. The van der Waals surface area contributed by atoms with Crippen LogP contribution in [0.4, 0.5) is 5.69 Å². The van der Waals surface area contributed by atoms with Crippen molar-refractivity contribution in [2.75, 3.05) is 24.5 Å². The van der Waals surface area contributed by atoms with Crippen molar-refractivity contribution >= 4 is 44.9 Å². The molecule has 3 aromatic carbocycles. The van der Waals surface area contributed by atoms with Gasteiger partial charge in [-0.15, -0.1) is 0 Å². The van der Waals surface area contributed by atoms with E-state index in [9.17, 15) is 13.2 Å². The number of amides is 1. The molecule has 1 aromatic heterocycles. The summed E-state index contributed by atoms with van der Waals surface area (Å²) in [5, 5.41) is 3.33. The number of hydrogen-bond acceptors (Lipinski definition) is 8. The predicted octanol–water partition coefficient (Wildman–Crippen LogP) is 6.25. The van der Waals surface area contributed by atoms with Crippen LogP contribution in [-0.2, 0) is 21.4 Å². The number of nitrogens with one attached hydrogen (secondary N) is 1. The number of halogens is 1. The fourth-order valence-electron chi connectivity index (χ4n) is 5.59. The summed E-state index contributed by atoms with van der Waals surface area (Å²) < 4.78 is 43.3. The Morgan fingerprint density at radius 1 is 1.11 bits per heavy atom. The fourth-order valence-corrected chi connectivity index (χ4v) is 7.95. The Kier molecular flexibility index (Phi) is 10.2. The number of nitrogens with zero attached hydrogens (tertiary/aromatic N) is 4. The minimum absolute atomic E-state index is 0.141. The Labute approximate surface area is 268 Å². The molecule has 0 aliphatic carbocycles. The fraction of sp³-hybridized carbons (Fsp3) is 0.344. The number of hydrogen-bond donors (Lipinski definition) is 1. The van der Waals surface area contributed by atoms with Gasteiger partial charge >= 0.3 is 0 Å². The van der Waals surface area contributed by atoms with Gasteiger partial charge in [-0.2, -0.15) is 17.2 Å². The van der Waals surface area contributed by atoms with Gasteiger partial charge in [-0.25, -0.2) is 0 Å². The first-order chi connectivity index (χ1) is 21.1. The van der Waals surface area contributed by atoms with Crippen molar-refractivity contribution < 1.29 is 17.9 Å². The van der Waals surface area contributed by atoms with E-state index in [1.165, 1.54) is 10.5 Å². The zero-order chi connectivity index (χ0) is 31.3. The summed E-state index contributed by atoms with van der Waals surface area (Å²) >= 11 is 7.12. The molecule has 1 N–H and O–H groups in total. The quantitative estimate of drug-likeness (QED) is 0.193. The molecule has 2 unspecified atom stereocenters. The van der Waals surface area contributed by atoms with Crippen LogP contribution in [0.25, 0.3) is 0 Å². The van der Waals surface area contributed by atoms with Crippen molar-refractivity contribution in [1.82, 2.24) is 19.0 Å². The van der Waals surface area contributed by atoms with Gasteiger partial charge in [-0.05, 0) is 48.4 Å². The Bertz CT molecular complexity index is 1670. The number of anilines is 1. The predicted molar refractivity (Wildman–Crippen MR) is 173 cm³/mol. The summed E-state index contributed by atoms with van der Waals surface area (Å²) in [7, 11) is -2.12. The zero-order valence-corrected chi connectivity index (χ0v) is 27.3. The molecule has 0 radical (unpaired) electrons. The van der Waals surface area contributed by atoms with Gasteiger partial charge in [0, 0.05) is 30.1 Å². The van der Waals surface area contributed by atoms with E-state index in [1.807, 2.05) is 42.5 Å². The maximum absolute atomic E-state index is 14.1. The first kappa shape index (κ1) is 31.9. The van der Waals surface area contributed by atoms with Crippen molar-refractivity contribution in [3.8, 4) is 5.75 Å². The van der Waals surface area contributed by atoms with E-state index in [-0.39, 0.29) is 23.4 Å². The first-order valence-corrected chi connectivity index (χ1v) is 17.0. The zero-order valence-electron chi connectivity index (χ0n) is 24.9. The largest absolute Gasteiger partial charge is 0.493 e. The molecule has 232 valence electrons. The molecule has 1 amide bonds. The van der Waals surface area contributed by atoms with Crippen LogP contribution in [-0.4, -0.2) is 48.2 Å². The van der Waals surface area contributed by atoms with Crippen molar-refractivity contribution in [3.05, 3.63) is 101 Å². The average Bonchev–Trinajstić information content (AvgIpc) is 3.53. The van der Waals surface area contributed by atoms with Gasteiger partial charge in [0.15, 0.2) is 0 Å². The number of aromatic nitrogens is 2. The third-order valence-corrected chi connectivity index (χ3v) is 9.89. The van der Waals surface area contributed by atoms with Crippen LogP contribution in [0.1, 0.15) is 55.5 Å². The smallest absolute Gasteiger partial charge is 0.285 e. The minimum atomic E-state index is -4.22. The molecule has 1 aliphatic heterocycles. The number of carbonyl (C=O) groups excluding carboxylic acids is 1. The number of carbonyl (C=O) groups is 1. The molecule has 0 fully saturated rings. The Morgan fingerprint density at radius 3 is 2.61 bits per heavy atom. The molecule has 5 rings (SSSR count). The van der Waals surface area contributed by atoms with E-state index in [2.05, 4.69) is 45.9 Å². The summed E-state index contributed by atoms with van der Waals surface area (Å²) in [5.41, 5.74) is 3.02. The van der Waals surface area contributed by atoms with Crippen LogP contribution in [0, 0.1) is 5.92 Å². The van der Waals surface area contributed by atoms with Gasteiger partial charge in [0.25, 0.3) is 10.0 Å². The lowest BCUT2D eigenvalue weighted by Gasteiger charge is -2.33. The number of sulfonamides is 1. The van der Waals surface area contributed by atoms with Crippen LogP contribution in [0.15, 0.2) is 84.0 Å². The molecule has 0 spiro atoms. The van der Waals surface area contributed by atoms with Crippen molar-refractivity contribution in [2.24, 2.45) is 5.92 Å². The Morgan fingerprint density at radius 2 is 1.91 bits per heavy atom. The van der Waals surface area contributed by atoms with E-state index >= 15 is 0 Å². The van der Waals surface area contributed by atoms with Crippen LogP contribution in [0.3, 0.4) is 0 Å². The molecule has 2 atom stereocenters. The summed E-state index contributed by atoms with van der Waals surface area (Å²) in [6.07, 6.45) is 1.67. The van der Waals surface area contributed by atoms with E-state index < -0.39 is 16.1 Å². The molecule has 4 aromatic rings. The van der Waals surface area contributed by atoms with E-state index in [4.69, 9.17) is 16.3 Å². The minimum Gasteiger partial charge on any atom is -0.493 e. The van der Waals surface area contributed by atoms with Gasteiger partial charge in [-0.3, -0.25) is 9.10 Å². The van der Waals surface area contributed by atoms with E-state index in [0.717, 1.165) is 41.7 Å². The summed E-state index contributed by atoms with van der Waals surface area (Å²) in [6, 6.07) is 20.6. The highest BCUT2D eigenvalue weighted by atomic mass is 35.5. The molecule has 1 aliphatic rings. The van der Waals surface area contributed by atoms with Gasteiger partial charge in [0.2, 0.25) is 10.9 Å². The van der Waals surface area contributed by atoms with Gasteiger partial charge in [-0.1, -0.05) is 74.0 Å². The maximum atomic E-state index is 14.1. The van der Waals surface area contributed by atoms with Crippen LogP contribution in [0.5, 0.6) is 5.75 Å². The maximum Gasteiger partial charge on any atom is 0.285 e. The second-order valence-electron chi connectivity index (χ2n) is 11.4. The average molecular weight is 654 g/mol. The topological polar surface area (TPSA) is 105 Å². The molecule has 0 saturated carbocycles. The third-order valence-electron chi connectivity index (χ3n) is 7.36. The number of rotatable bonds is 12. The van der Waals surface area contributed by atoms with Gasteiger partial charge < -0.3 is 15.0 Å². The second kappa shape index (κ2) is 14.1. The van der Waals surface area contributed by atoms with Crippen molar-refractivity contribution in [2.45, 2.75) is 50.3 Å². The van der Waals surface area contributed by atoms with Crippen LogP contribution in [0.2, 0.25) is 5.02 Å². The van der Waals surface area contributed by atoms with Crippen LogP contribution < -0.4 is 14.4 Å². The highest BCUT2D eigenvalue weighted by Gasteiger charge is 2.36. The van der Waals surface area contributed by atoms with Crippen molar-refractivity contribution in [3.63, 3.8) is 0 Å². The molecule has 9 nitrogen and oxygen atoms in total. The summed E-state index contributed by atoms with van der Waals surface area (Å²) in [6.45, 7) is 6.64. The van der Waals surface area contributed by atoms with E-state index in [1.54, 1.807) is 24.3 Å². The molecule has 2 heterocycles. The van der Waals surface area contributed by atoms with Gasteiger partial charge in [0.05, 0.1) is 48.7 Å². The third kappa shape index (κ3) is 7.58. The standard InChI is InChI=1S/C32H36ClN5O4S2/c1-22(2)20-37(3)21-23-12-13-27-28(14-15-42-30(27)16-23)35-31(39)18-29(24-8-5-4-6-9-24)38(26-11-7-10-25(33)17-26)44(40,41)32-19-34-43-36-32/h4-13,16-17,19,22,28-29H,14-15,18,20-21H2,1-3H3,(H,35,39). The first-order valence-electron chi connectivity index (χ1n) is 14.5. The van der Waals surface area contributed by atoms with E-state index in [0.29, 0.717) is 35.2 Å². The van der Waals surface area contributed by atoms with Crippen molar-refractivity contribution in [1.29, 1.82) is 0 Å². The number of ether oxygens (including phenoxy) is 1. The second-order valence-corrected chi connectivity index (χ2v) is 14.1. The lowest BCUT2D eigenvalue weighted by molar-refractivity contribution is -0.122.